The molecule has 2 rings (SSSR count). The average molecular weight is 255 g/mol. The number of aliphatic hydroxyl groups excluding tert-OH is 1. The first-order chi connectivity index (χ1) is 7.99. The maximum Gasteiger partial charge on any atom is 0.265 e. The van der Waals surface area contributed by atoms with Crippen LogP contribution in [0.1, 0.15) is 28.7 Å². The number of rotatable bonds is 2. The lowest BCUT2D eigenvalue weighted by Gasteiger charge is -2.17. The van der Waals surface area contributed by atoms with E-state index in [2.05, 4.69) is 4.98 Å². The van der Waals surface area contributed by atoms with Crippen molar-refractivity contribution in [2.24, 2.45) is 5.92 Å². The van der Waals surface area contributed by atoms with Gasteiger partial charge in [-0.25, -0.2) is 4.98 Å². The number of likely N-dealkylation sites (tertiary alicyclic amines) is 1. The summed E-state index contributed by atoms with van der Waals surface area (Å²) < 4.78 is 0. The van der Waals surface area contributed by atoms with Crippen LogP contribution in [0, 0.1) is 12.8 Å². The quantitative estimate of drug-likeness (QED) is 0.822. The van der Waals surface area contributed by atoms with Crippen LogP contribution in [-0.4, -0.2) is 40.1 Å². The summed E-state index contributed by atoms with van der Waals surface area (Å²) in [5, 5.41) is 9.94. The van der Waals surface area contributed by atoms with E-state index in [4.69, 9.17) is 5.73 Å². The predicted octanol–water partition coefficient (Wildman–Crippen LogP) is 0.877. The topological polar surface area (TPSA) is 79.5 Å². The molecule has 0 radical (unpaired) electrons. The van der Waals surface area contributed by atoms with E-state index in [1.807, 2.05) is 0 Å². The van der Waals surface area contributed by atoms with Crippen molar-refractivity contribution in [1.82, 2.24) is 9.88 Å². The molecule has 0 aromatic carbocycles. The molecule has 0 aliphatic carbocycles. The number of nitrogens with zero attached hydrogens (tertiary/aromatic N) is 2. The second kappa shape index (κ2) is 4.62. The summed E-state index contributed by atoms with van der Waals surface area (Å²) >= 11 is 1.23. The molecule has 2 atom stereocenters. The molecule has 3 N–H and O–H groups in total. The molecule has 0 saturated carbocycles. The van der Waals surface area contributed by atoms with Gasteiger partial charge in [0.05, 0.1) is 11.8 Å². The van der Waals surface area contributed by atoms with Crippen LogP contribution in [0.4, 0.5) is 5.13 Å². The minimum absolute atomic E-state index is 0.0140. The molecule has 1 fully saturated rings. The van der Waals surface area contributed by atoms with E-state index in [1.54, 1.807) is 18.7 Å². The Hall–Kier alpha value is -1.14. The summed E-state index contributed by atoms with van der Waals surface area (Å²) in [6.45, 7) is 4.89. The molecule has 0 bridgehead atoms. The number of anilines is 1. The molecular formula is C11H17N3O2S. The third-order valence-corrected chi connectivity index (χ3v) is 4.18. The first-order valence-corrected chi connectivity index (χ1v) is 6.51. The molecule has 2 heterocycles. The number of hydrogen-bond donors (Lipinski definition) is 2. The van der Waals surface area contributed by atoms with Crippen molar-refractivity contribution in [3.8, 4) is 0 Å². The van der Waals surface area contributed by atoms with Crippen LogP contribution in [0.5, 0.6) is 0 Å². The second-order valence-electron chi connectivity index (χ2n) is 4.51. The fourth-order valence-electron chi connectivity index (χ4n) is 2.12. The summed E-state index contributed by atoms with van der Waals surface area (Å²) in [4.78, 5) is 18.7. The number of carbonyl (C=O) groups excluding carboxylic acids is 1. The van der Waals surface area contributed by atoms with Gasteiger partial charge in [-0.3, -0.25) is 4.79 Å². The molecule has 1 aromatic rings. The Morgan fingerprint density at radius 2 is 2.41 bits per heavy atom. The third kappa shape index (κ3) is 2.42. The van der Waals surface area contributed by atoms with E-state index < -0.39 is 0 Å². The lowest BCUT2D eigenvalue weighted by molar-refractivity contribution is 0.0766. The Kier molecular flexibility index (Phi) is 3.35. The highest BCUT2D eigenvalue weighted by atomic mass is 32.1. The molecular weight excluding hydrogens is 238 g/mol. The molecule has 17 heavy (non-hydrogen) atoms. The number of aryl methyl sites for hydroxylation is 1. The monoisotopic (exact) mass is 255 g/mol. The van der Waals surface area contributed by atoms with Gasteiger partial charge >= 0.3 is 0 Å². The third-order valence-electron chi connectivity index (χ3n) is 3.20. The highest BCUT2D eigenvalue weighted by Gasteiger charge is 2.31. The van der Waals surface area contributed by atoms with Gasteiger partial charge < -0.3 is 15.7 Å². The zero-order valence-corrected chi connectivity index (χ0v) is 10.8. The molecule has 2 unspecified atom stereocenters. The standard InChI is InChI=1S/C11H17N3O2S/c1-6-9(17-11(12)13-6)10(16)14-4-3-8(5-14)7(2)15/h7-8,15H,3-5H2,1-2H3,(H2,12,13). The summed E-state index contributed by atoms with van der Waals surface area (Å²) in [5.74, 6) is 0.171. The molecule has 1 aliphatic rings. The number of aromatic nitrogens is 1. The summed E-state index contributed by atoms with van der Waals surface area (Å²) in [5.41, 5.74) is 6.28. The van der Waals surface area contributed by atoms with Crippen molar-refractivity contribution < 1.29 is 9.90 Å². The molecule has 1 aromatic heterocycles. The smallest absolute Gasteiger partial charge is 0.265 e. The van der Waals surface area contributed by atoms with Gasteiger partial charge in [0.1, 0.15) is 4.88 Å². The molecule has 94 valence electrons. The zero-order chi connectivity index (χ0) is 12.6. The van der Waals surface area contributed by atoms with Crippen molar-refractivity contribution in [2.75, 3.05) is 18.8 Å². The number of thiazole rings is 1. The van der Waals surface area contributed by atoms with E-state index in [1.165, 1.54) is 11.3 Å². The lowest BCUT2D eigenvalue weighted by atomic mass is 10.0. The van der Waals surface area contributed by atoms with Gasteiger partial charge in [-0.05, 0) is 20.3 Å². The zero-order valence-electron chi connectivity index (χ0n) is 10.0. The van der Waals surface area contributed by atoms with E-state index in [0.29, 0.717) is 28.8 Å². The number of carbonyl (C=O) groups is 1. The molecule has 1 saturated heterocycles. The molecule has 1 amide bonds. The number of aliphatic hydroxyl groups is 1. The van der Waals surface area contributed by atoms with Crippen LogP contribution in [0.25, 0.3) is 0 Å². The Morgan fingerprint density at radius 1 is 1.71 bits per heavy atom. The normalized spacial score (nSPS) is 21.8. The van der Waals surface area contributed by atoms with Gasteiger partial charge in [0.25, 0.3) is 5.91 Å². The highest BCUT2D eigenvalue weighted by Crippen LogP contribution is 2.26. The predicted molar refractivity (Wildman–Crippen MR) is 67.0 cm³/mol. The van der Waals surface area contributed by atoms with Crippen molar-refractivity contribution in [1.29, 1.82) is 0 Å². The summed E-state index contributed by atoms with van der Waals surface area (Å²) in [7, 11) is 0. The largest absolute Gasteiger partial charge is 0.393 e. The van der Waals surface area contributed by atoms with Gasteiger partial charge in [0.15, 0.2) is 5.13 Å². The van der Waals surface area contributed by atoms with Crippen LogP contribution in [0.15, 0.2) is 0 Å². The average Bonchev–Trinajstić information content (AvgIpc) is 2.84. The Morgan fingerprint density at radius 3 is 2.88 bits per heavy atom. The molecule has 0 spiro atoms. The highest BCUT2D eigenvalue weighted by molar-refractivity contribution is 7.17. The van der Waals surface area contributed by atoms with E-state index in [0.717, 1.165) is 6.42 Å². The Bertz CT molecular complexity index is 430. The first-order valence-electron chi connectivity index (χ1n) is 5.69. The maximum absolute atomic E-state index is 12.2. The number of amides is 1. The van der Waals surface area contributed by atoms with Crippen molar-refractivity contribution in [2.45, 2.75) is 26.4 Å². The summed E-state index contributed by atoms with van der Waals surface area (Å²) in [6.07, 6.45) is 0.497. The number of nitrogens with two attached hydrogens (primary N) is 1. The lowest BCUT2D eigenvalue weighted by Crippen LogP contribution is -2.30. The Labute approximate surface area is 104 Å². The van der Waals surface area contributed by atoms with Crippen molar-refractivity contribution >= 4 is 22.4 Å². The molecule has 6 heteroatoms. The van der Waals surface area contributed by atoms with E-state index >= 15 is 0 Å². The van der Waals surface area contributed by atoms with Crippen LogP contribution >= 0.6 is 11.3 Å². The van der Waals surface area contributed by atoms with Crippen LogP contribution < -0.4 is 5.73 Å². The fraction of sp³-hybridized carbons (Fsp3) is 0.636. The first kappa shape index (κ1) is 12.3. The van der Waals surface area contributed by atoms with Crippen LogP contribution in [0.3, 0.4) is 0 Å². The van der Waals surface area contributed by atoms with Gasteiger partial charge in [0.2, 0.25) is 0 Å². The minimum atomic E-state index is -0.361. The Balaban J connectivity index is 2.09. The number of hydrogen-bond acceptors (Lipinski definition) is 5. The van der Waals surface area contributed by atoms with Crippen LogP contribution in [0.2, 0.25) is 0 Å². The molecule has 5 nitrogen and oxygen atoms in total. The van der Waals surface area contributed by atoms with Crippen molar-refractivity contribution in [3.05, 3.63) is 10.6 Å². The fourth-order valence-corrected chi connectivity index (χ4v) is 2.93. The summed E-state index contributed by atoms with van der Waals surface area (Å²) in [6, 6.07) is 0. The maximum atomic E-state index is 12.2. The van der Waals surface area contributed by atoms with E-state index in [-0.39, 0.29) is 17.9 Å². The van der Waals surface area contributed by atoms with Gasteiger partial charge in [-0.1, -0.05) is 11.3 Å². The van der Waals surface area contributed by atoms with Crippen molar-refractivity contribution in [3.63, 3.8) is 0 Å². The molecule has 1 aliphatic heterocycles. The van der Waals surface area contributed by atoms with Gasteiger partial charge in [-0.2, -0.15) is 0 Å². The van der Waals surface area contributed by atoms with Gasteiger partial charge in [0, 0.05) is 19.0 Å². The second-order valence-corrected chi connectivity index (χ2v) is 5.54. The minimum Gasteiger partial charge on any atom is -0.393 e. The number of nitrogen functional groups attached to an aromatic ring is 1. The van der Waals surface area contributed by atoms with Gasteiger partial charge in [-0.15, -0.1) is 0 Å². The van der Waals surface area contributed by atoms with E-state index in [9.17, 15) is 9.90 Å². The van der Waals surface area contributed by atoms with Crippen LogP contribution in [-0.2, 0) is 0 Å². The SMILES string of the molecule is Cc1nc(N)sc1C(=O)N1CCC(C(C)O)C1.